The molecule has 6 N–H and O–H groups in total. The van der Waals surface area contributed by atoms with Gasteiger partial charge in [-0.2, -0.15) is 0 Å². The maximum Gasteiger partial charge on any atom is 0.305 e. The number of para-hydroxylation sites is 1. The molecule has 0 radical (unpaired) electrons. The van der Waals surface area contributed by atoms with E-state index in [1.165, 1.54) is 0 Å². The summed E-state index contributed by atoms with van der Waals surface area (Å²) in [6, 6.07) is 14.1. The molecule has 140 valence electrons. The van der Waals surface area contributed by atoms with E-state index in [-0.39, 0.29) is 12.3 Å². The van der Waals surface area contributed by atoms with Gasteiger partial charge in [0, 0.05) is 16.9 Å². The van der Waals surface area contributed by atoms with E-state index in [1.54, 1.807) is 24.3 Å². The smallest absolute Gasteiger partial charge is 0.305 e. The van der Waals surface area contributed by atoms with E-state index >= 15 is 0 Å². The van der Waals surface area contributed by atoms with Gasteiger partial charge >= 0.3 is 5.97 Å². The molecule has 0 saturated heterocycles. The fraction of sp³-hybridized carbons (Fsp3) is 0.250. The molecule has 1 heterocycles. The number of nitrogens with one attached hydrogen (secondary N) is 1. The minimum atomic E-state index is -0.990. The zero-order chi connectivity index (χ0) is 19.6. The first-order chi connectivity index (χ1) is 12.9. The van der Waals surface area contributed by atoms with Crippen molar-refractivity contribution in [1.82, 2.24) is 0 Å². The molecule has 2 aromatic rings. The molecule has 0 spiro atoms. The normalized spacial score (nSPS) is 19.0. The van der Waals surface area contributed by atoms with Gasteiger partial charge in [-0.25, -0.2) is 0 Å². The van der Waals surface area contributed by atoms with Crippen molar-refractivity contribution in [2.75, 3.05) is 4.90 Å². The van der Waals surface area contributed by atoms with Crippen LogP contribution < -0.4 is 16.4 Å². The second-order valence-electron chi connectivity index (χ2n) is 6.67. The Balaban J connectivity index is 2.16. The largest absolute Gasteiger partial charge is 0.481 e. The van der Waals surface area contributed by atoms with Gasteiger partial charge in [0.15, 0.2) is 0 Å². The van der Waals surface area contributed by atoms with E-state index in [0.29, 0.717) is 18.4 Å². The van der Waals surface area contributed by atoms with Gasteiger partial charge in [0.05, 0.1) is 18.4 Å². The number of hydrogen-bond acceptors (Lipinski definition) is 4. The molecule has 27 heavy (non-hydrogen) atoms. The van der Waals surface area contributed by atoms with Crippen LogP contribution in [-0.2, 0) is 16.0 Å². The lowest BCUT2D eigenvalue weighted by Crippen LogP contribution is -2.44. The number of fused-ring (bicyclic) bond motifs is 1. The second-order valence-corrected chi connectivity index (χ2v) is 6.67. The quantitative estimate of drug-likeness (QED) is 0.474. The third kappa shape index (κ3) is 3.76. The van der Waals surface area contributed by atoms with Crippen LogP contribution in [0.15, 0.2) is 48.5 Å². The van der Waals surface area contributed by atoms with Crippen molar-refractivity contribution < 1.29 is 14.7 Å². The van der Waals surface area contributed by atoms with Gasteiger partial charge in [-0.05, 0) is 48.7 Å². The Hall–Kier alpha value is -3.35. The van der Waals surface area contributed by atoms with E-state index in [1.807, 2.05) is 29.2 Å². The minimum absolute atomic E-state index is 0.0464. The average molecular weight is 366 g/mol. The van der Waals surface area contributed by atoms with Crippen LogP contribution in [0.5, 0.6) is 0 Å². The summed E-state index contributed by atoms with van der Waals surface area (Å²) in [7, 11) is 0. The van der Waals surface area contributed by atoms with Crippen LogP contribution >= 0.6 is 0 Å². The van der Waals surface area contributed by atoms with Gasteiger partial charge in [0.1, 0.15) is 5.84 Å². The highest BCUT2D eigenvalue weighted by Gasteiger charge is 2.37. The summed E-state index contributed by atoms with van der Waals surface area (Å²) < 4.78 is 0. The summed E-state index contributed by atoms with van der Waals surface area (Å²) in [6.45, 7) is 0. The molecular formula is C20H22N4O3. The number of carbonyl (C=O) groups excluding carboxylic acids is 1. The van der Waals surface area contributed by atoms with E-state index < -0.39 is 23.8 Å². The number of nitrogen functional groups attached to an aromatic ring is 1. The third-order valence-electron chi connectivity index (χ3n) is 4.98. The van der Waals surface area contributed by atoms with Crippen LogP contribution in [0.1, 0.15) is 24.0 Å². The molecular weight excluding hydrogens is 344 g/mol. The number of carboxylic acid groups (broad SMARTS) is 1. The van der Waals surface area contributed by atoms with Crippen LogP contribution in [-0.4, -0.2) is 28.9 Å². The number of aryl methyl sites for hydroxylation is 1. The van der Waals surface area contributed by atoms with E-state index in [9.17, 15) is 14.7 Å². The number of carboxylic acids is 1. The summed E-state index contributed by atoms with van der Waals surface area (Å²) in [6.07, 6.45) is 0.921. The lowest BCUT2D eigenvalue weighted by atomic mass is 9.90. The maximum absolute atomic E-state index is 12.1. The Morgan fingerprint density at radius 1 is 1.11 bits per heavy atom. The zero-order valence-corrected chi connectivity index (χ0v) is 14.8. The number of anilines is 2. The molecule has 0 saturated carbocycles. The molecule has 1 aliphatic heterocycles. The first kappa shape index (κ1) is 18.4. The molecule has 2 unspecified atom stereocenters. The molecule has 0 aliphatic carbocycles. The number of amidine groups is 1. The number of carbonyl (C=O) groups is 2. The highest BCUT2D eigenvalue weighted by molar-refractivity contribution is 5.95. The standard InChI is InChI=1S/C20H22N4O3/c21-19(22)13-5-8-14(9-6-13)24-16-4-2-1-3-12(16)7-10-15(20(23)27)17(24)11-18(25)26/h1-6,8-9,15,17H,7,10-11H2,(H3,21,22)(H2,23,27)(H,25,26). The highest BCUT2D eigenvalue weighted by atomic mass is 16.4. The Morgan fingerprint density at radius 3 is 2.37 bits per heavy atom. The monoisotopic (exact) mass is 366 g/mol. The number of nitrogens with two attached hydrogens (primary N) is 2. The summed E-state index contributed by atoms with van der Waals surface area (Å²) in [5.74, 6) is -2.13. The van der Waals surface area contributed by atoms with Gasteiger partial charge < -0.3 is 21.5 Å². The van der Waals surface area contributed by atoms with Gasteiger partial charge in [0.25, 0.3) is 0 Å². The first-order valence-corrected chi connectivity index (χ1v) is 8.71. The van der Waals surface area contributed by atoms with Crippen molar-refractivity contribution in [3.8, 4) is 0 Å². The van der Waals surface area contributed by atoms with Gasteiger partial charge in [-0.1, -0.05) is 18.2 Å². The van der Waals surface area contributed by atoms with E-state index in [0.717, 1.165) is 16.9 Å². The number of benzene rings is 2. The summed E-state index contributed by atoms with van der Waals surface area (Å²) in [4.78, 5) is 25.6. The fourth-order valence-electron chi connectivity index (χ4n) is 3.70. The molecule has 1 amide bonds. The Labute approximate surface area is 157 Å². The van der Waals surface area contributed by atoms with Crippen molar-refractivity contribution in [2.24, 2.45) is 17.4 Å². The second kappa shape index (κ2) is 7.49. The van der Waals surface area contributed by atoms with Crippen molar-refractivity contribution in [2.45, 2.75) is 25.3 Å². The molecule has 0 bridgehead atoms. The number of rotatable bonds is 5. The Morgan fingerprint density at radius 2 is 1.78 bits per heavy atom. The lowest BCUT2D eigenvalue weighted by Gasteiger charge is -2.35. The van der Waals surface area contributed by atoms with Gasteiger partial charge in [-0.15, -0.1) is 0 Å². The van der Waals surface area contributed by atoms with Crippen molar-refractivity contribution in [3.63, 3.8) is 0 Å². The topological polar surface area (TPSA) is 134 Å². The van der Waals surface area contributed by atoms with Crippen LogP contribution in [0, 0.1) is 11.3 Å². The van der Waals surface area contributed by atoms with Gasteiger partial charge in [0.2, 0.25) is 5.91 Å². The first-order valence-electron chi connectivity index (χ1n) is 8.71. The Kier molecular flexibility index (Phi) is 5.12. The number of aliphatic carboxylic acids is 1. The summed E-state index contributed by atoms with van der Waals surface area (Å²) >= 11 is 0. The van der Waals surface area contributed by atoms with Crippen molar-refractivity contribution >= 4 is 29.1 Å². The predicted octanol–water partition coefficient (Wildman–Crippen LogP) is 2.00. The number of primary amides is 1. The van der Waals surface area contributed by atoms with Crippen LogP contribution in [0.25, 0.3) is 0 Å². The molecule has 7 nitrogen and oxygen atoms in total. The molecule has 0 aromatic heterocycles. The Bertz CT molecular complexity index is 879. The zero-order valence-electron chi connectivity index (χ0n) is 14.8. The van der Waals surface area contributed by atoms with E-state index in [2.05, 4.69) is 0 Å². The minimum Gasteiger partial charge on any atom is -0.481 e. The summed E-state index contributed by atoms with van der Waals surface area (Å²) in [5.41, 5.74) is 14.4. The fourth-order valence-corrected chi connectivity index (χ4v) is 3.70. The van der Waals surface area contributed by atoms with Crippen LogP contribution in [0.2, 0.25) is 0 Å². The number of nitrogens with zero attached hydrogens (tertiary/aromatic N) is 1. The van der Waals surface area contributed by atoms with E-state index in [4.69, 9.17) is 16.9 Å². The van der Waals surface area contributed by atoms with Crippen molar-refractivity contribution in [1.29, 1.82) is 5.41 Å². The van der Waals surface area contributed by atoms with Gasteiger partial charge in [-0.3, -0.25) is 15.0 Å². The predicted molar refractivity (Wildman–Crippen MR) is 103 cm³/mol. The number of hydrogen-bond donors (Lipinski definition) is 4. The molecule has 1 aliphatic rings. The van der Waals surface area contributed by atoms with Crippen LogP contribution in [0.4, 0.5) is 11.4 Å². The van der Waals surface area contributed by atoms with Crippen molar-refractivity contribution in [3.05, 3.63) is 59.7 Å². The molecule has 2 atom stereocenters. The third-order valence-corrected chi connectivity index (χ3v) is 4.98. The van der Waals surface area contributed by atoms with Crippen LogP contribution in [0.3, 0.4) is 0 Å². The molecule has 0 fully saturated rings. The molecule has 7 heteroatoms. The average Bonchev–Trinajstić information content (AvgIpc) is 2.78. The maximum atomic E-state index is 12.1. The lowest BCUT2D eigenvalue weighted by molar-refractivity contribution is -0.137. The molecule has 2 aromatic carbocycles. The summed E-state index contributed by atoms with van der Waals surface area (Å²) in [5, 5.41) is 17.0. The highest BCUT2D eigenvalue weighted by Crippen LogP contribution is 2.39. The number of amides is 1. The SMILES string of the molecule is N=C(N)c1ccc(N2c3ccccc3CCC(C(N)=O)C2CC(=O)O)cc1. The molecule has 3 rings (SSSR count).